The number of thiazole rings is 1. The molecule has 0 bridgehead atoms. The Labute approximate surface area is 197 Å². The standard InChI is InChI=1S/C26H27N3O3S/c1-29(2,3)12-6-7-18-10-11-21-22(13-18)33-23(28-21)17-27-25(32)26(16-24(30)31)14-19-8-4-5-9-20(19)15-26/h4-5,8-11,13H,12,14-17H2,1-3H3,(H-,27,30,31,32)/p+1. The van der Waals surface area contributed by atoms with Crippen LogP contribution in [0.1, 0.15) is 28.1 Å². The monoisotopic (exact) mass is 462 g/mol. The summed E-state index contributed by atoms with van der Waals surface area (Å²) in [4.78, 5) is 29.4. The minimum atomic E-state index is -0.961. The summed E-state index contributed by atoms with van der Waals surface area (Å²) < 4.78 is 1.80. The van der Waals surface area contributed by atoms with E-state index in [9.17, 15) is 14.7 Å². The Kier molecular flexibility index (Phi) is 6.24. The number of benzene rings is 2. The third-order valence-electron chi connectivity index (χ3n) is 5.77. The first-order valence-electron chi connectivity index (χ1n) is 10.9. The Morgan fingerprint density at radius 3 is 2.48 bits per heavy atom. The summed E-state index contributed by atoms with van der Waals surface area (Å²) in [6.45, 7) is 1.04. The predicted molar refractivity (Wildman–Crippen MR) is 130 cm³/mol. The Bertz CT molecular complexity index is 1250. The molecule has 0 saturated heterocycles. The molecule has 0 radical (unpaired) electrons. The lowest BCUT2D eigenvalue weighted by atomic mass is 9.80. The smallest absolute Gasteiger partial charge is 0.304 e. The van der Waals surface area contributed by atoms with E-state index >= 15 is 0 Å². The van der Waals surface area contributed by atoms with E-state index < -0.39 is 11.4 Å². The molecule has 0 aliphatic heterocycles. The number of aromatic nitrogens is 1. The number of nitrogens with zero attached hydrogens (tertiary/aromatic N) is 2. The molecule has 6 nitrogen and oxygen atoms in total. The lowest BCUT2D eigenvalue weighted by Crippen LogP contribution is -2.43. The average Bonchev–Trinajstić information content (AvgIpc) is 3.31. The highest BCUT2D eigenvalue weighted by Gasteiger charge is 2.45. The van der Waals surface area contributed by atoms with Gasteiger partial charge < -0.3 is 14.9 Å². The molecule has 0 spiro atoms. The van der Waals surface area contributed by atoms with E-state index in [-0.39, 0.29) is 18.9 Å². The second-order valence-electron chi connectivity index (χ2n) is 9.70. The van der Waals surface area contributed by atoms with E-state index in [2.05, 4.69) is 43.3 Å². The van der Waals surface area contributed by atoms with Crippen LogP contribution in [0.25, 0.3) is 10.2 Å². The Balaban J connectivity index is 1.47. The van der Waals surface area contributed by atoms with Crippen molar-refractivity contribution in [1.82, 2.24) is 10.3 Å². The minimum absolute atomic E-state index is 0.192. The molecule has 2 aromatic carbocycles. The number of quaternary nitrogens is 1. The van der Waals surface area contributed by atoms with Gasteiger partial charge in [-0.05, 0) is 48.1 Å². The Morgan fingerprint density at radius 2 is 1.85 bits per heavy atom. The highest BCUT2D eigenvalue weighted by atomic mass is 32.1. The van der Waals surface area contributed by atoms with Crippen LogP contribution in [0.2, 0.25) is 0 Å². The van der Waals surface area contributed by atoms with Gasteiger partial charge in [0.05, 0.1) is 49.7 Å². The summed E-state index contributed by atoms with van der Waals surface area (Å²) in [7, 11) is 6.31. The van der Waals surface area contributed by atoms with Gasteiger partial charge in [-0.3, -0.25) is 9.59 Å². The van der Waals surface area contributed by atoms with E-state index in [1.54, 1.807) is 0 Å². The van der Waals surface area contributed by atoms with E-state index in [1.165, 1.54) is 11.3 Å². The zero-order valence-corrected chi connectivity index (χ0v) is 20.0. The number of aliphatic carboxylic acids is 1. The fraction of sp³-hybridized carbons (Fsp3) is 0.346. The second-order valence-corrected chi connectivity index (χ2v) is 10.8. The summed E-state index contributed by atoms with van der Waals surface area (Å²) in [5.41, 5.74) is 2.95. The SMILES string of the molecule is C[N+](C)(C)CC#Cc1ccc2nc(CNC(=O)C3(CC(=O)O)Cc4ccccc4C3)sc2c1. The topological polar surface area (TPSA) is 79.3 Å². The first-order valence-corrected chi connectivity index (χ1v) is 11.7. The molecule has 0 unspecified atom stereocenters. The zero-order valence-electron chi connectivity index (χ0n) is 19.1. The normalized spacial score (nSPS) is 14.4. The molecule has 1 heterocycles. The summed E-state index contributed by atoms with van der Waals surface area (Å²) in [5, 5.41) is 13.2. The van der Waals surface area contributed by atoms with Crippen molar-refractivity contribution in [3.63, 3.8) is 0 Å². The van der Waals surface area contributed by atoms with Gasteiger partial charge in [0.25, 0.3) is 0 Å². The first-order chi connectivity index (χ1) is 15.6. The van der Waals surface area contributed by atoms with Crippen molar-refractivity contribution >= 4 is 33.4 Å². The first kappa shape index (κ1) is 23.0. The van der Waals surface area contributed by atoms with Crippen molar-refractivity contribution in [2.75, 3.05) is 27.7 Å². The fourth-order valence-corrected chi connectivity index (χ4v) is 5.14. The number of carboxylic acids is 1. The number of fused-ring (bicyclic) bond motifs is 2. The van der Waals surface area contributed by atoms with Crippen LogP contribution in [0, 0.1) is 17.3 Å². The van der Waals surface area contributed by atoms with Gasteiger partial charge in [0.1, 0.15) is 11.6 Å². The van der Waals surface area contributed by atoms with Gasteiger partial charge in [0.15, 0.2) is 0 Å². The van der Waals surface area contributed by atoms with Crippen LogP contribution < -0.4 is 5.32 Å². The van der Waals surface area contributed by atoms with Crippen LogP contribution in [-0.2, 0) is 29.0 Å². The summed E-state index contributed by atoms with van der Waals surface area (Å²) in [6.07, 6.45) is 0.690. The lowest BCUT2D eigenvalue weighted by molar-refractivity contribution is -0.862. The predicted octanol–water partition coefficient (Wildman–Crippen LogP) is 3.23. The van der Waals surface area contributed by atoms with Gasteiger partial charge in [-0.15, -0.1) is 11.3 Å². The van der Waals surface area contributed by atoms with Gasteiger partial charge in [-0.1, -0.05) is 30.2 Å². The molecular formula is C26H28N3O3S+. The van der Waals surface area contributed by atoms with E-state index in [0.717, 1.165) is 42.9 Å². The molecule has 4 rings (SSSR count). The number of nitrogens with one attached hydrogen (secondary N) is 1. The molecule has 1 aliphatic rings. The van der Waals surface area contributed by atoms with Crippen LogP contribution in [0.5, 0.6) is 0 Å². The number of amides is 1. The van der Waals surface area contributed by atoms with Crippen molar-refractivity contribution in [1.29, 1.82) is 0 Å². The molecule has 0 saturated carbocycles. The molecule has 1 amide bonds. The maximum atomic E-state index is 13.2. The Morgan fingerprint density at radius 1 is 1.15 bits per heavy atom. The largest absolute Gasteiger partial charge is 0.481 e. The number of hydrogen-bond acceptors (Lipinski definition) is 4. The van der Waals surface area contributed by atoms with Crippen molar-refractivity contribution < 1.29 is 19.2 Å². The number of hydrogen-bond donors (Lipinski definition) is 2. The maximum absolute atomic E-state index is 13.2. The quantitative estimate of drug-likeness (QED) is 0.436. The number of carbonyl (C=O) groups is 2. The highest BCUT2D eigenvalue weighted by Crippen LogP contribution is 2.40. The molecule has 7 heteroatoms. The van der Waals surface area contributed by atoms with Crippen LogP contribution in [0.4, 0.5) is 0 Å². The lowest BCUT2D eigenvalue weighted by Gasteiger charge is -2.25. The second kappa shape index (κ2) is 8.97. The van der Waals surface area contributed by atoms with Crippen LogP contribution in [-0.4, -0.2) is 54.1 Å². The summed E-state index contributed by atoms with van der Waals surface area (Å²) >= 11 is 1.52. The van der Waals surface area contributed by atoms with E-state index in [4.69, 9.17) is 0 Å². The number of rotatable bonds is 6. The zero-order chi connectivity index (χ0) is 23.6. The molecule has 170 valence electrons. The Hall–Kier alpha value is -3.21. The van der Waals surface area contributed by atoms with Crippen molar-refractivity contribution in [3.8, 4) is 11.8 Å². The van der Waals surface area contributed by atoms with E-state index in [0.29, 0.717) is 12.8 Å². The number of carboxylic acid groups (broad SMARTS) is 1. The van der Waals surface area contributed by atoms with Gasteiger partial charge in [-0.25, -0.2) is 4.98 Å². The minimum Gasteiger partial charge on any atom is -0.481 e. The number of carbonyl (C=O) groups excluding carboxylic acids is 1. The van der Waals surface area contributed by atoms with Crippen molar-refractivity contribution in [2.45, 2.75) is 25.8 Å². The van der Waals surface area contributed by atoms with Gasteiger partial charge in [-0.2, -0.15) is 0 Å². The van der Waals surface area contributed by atoms with Crippen LogP contribution >= 0.6 is 11.3 Å². The molecule has 33 heavy (non-hydrogen) atoms. The fourth-order valence-electron chi connectivity index (χ4n) is 4.20. The molecule has 2 N–H and O–H groups in total. The highest BCUT2D eigenvalue weighted by molar-refractivity contribution is 7.18. The van der Waals surface area contributed by atoms with Crippen molar-refractivity contribution in [2.24, 2.45) is 5.41 Å². The average molecular weight is 463 g/mol. The molecule has 0 fully saturated rings. The third-order valence-corrected chi connectivity index (χ3v) is 6.78. The van der Waals surface area contributed by atoms with Crippen LogP contribution in [0.15, 0.2) is 42.5 Å². The van der Waals surface area contributed by atoms with E-state index in [1.807, 2.05) is 42.5 Å². The molecule has 1 aliphatic carbocycles. The van der Waals surface area contributed by atoms with Gasteiger partial charge >= 0.3 is 5.97 Å². The summed E-state index contributed by atoms with van der Waals surface area (Å²) in [5.74, 6) is 5.23. The van der Waals surface area contributed by atoms with Gasteiger partial charge in [0.2, 0.25) is 5.91 Å². The molecule has 3 aromatic rings. The van der Waals surface area contributed by atoms with Crippen LogP contribution in [0.3, 0.4) is 0 Å². The maximum Gasteiger partial charge on any atom is 0.304 e. The third kappa shape index (κ3) is 5.41. The van der Waals surface area contributed by atoms with Crippen molar-refractivity contribution in [3.05, 3.63) is 64.2 Å². The van der Waals surface area contributed by atoms with Gasteiger partial charge in [0, 0.05) is 5.56 Å². The molecular weight excluding hydrogens is 434 g/mol. The molecule has 0 atom stereocenters. The molecule has 1 aromatic heterocycles. The summed E-state index contributed by atoms with van der Waals surface area (Å²) in [6, 6.07) is 13.7.